The van der Waals surface area contributed by atoms with Gasteiger partial charge in [-0.2, -0.15) is 0 Å². The van der Waals surface area contributed by atoms with Crippen molar-refractivity contribution in [2.24, 2.45) is 0 Å². The highest BCUT2D eigenvalue weighted by Crippen LogP contribution is 2.31. The molecule has 142 valence electrons. The smallest absolute Gasteiger partial charge is 0.233 e. The van der Waals surface area contributed by atoms with Gasteiger partial charge in [0.25, 0.3) is 0 Å². The van der Waals surface area contributed by atoms with Gasteiger partial charge in [0.15, 0.2) is 20.2 Å². The molecule has 1 atom stereocenters. The molecule has 1 aromatic heterocycles. The molecule has 0 radical (unpaired) electrons. The Labute approximate surface area is 166 Å². The first-order valence-electron chi connectivity index (χ1n) is 8.19. The van der Waals surface area contributed by atoms with Gasteiger partial charge >= 0.3 is 0 Å². The number of aromatic nitrogens is 2. The Kier molecular flexibility index (Phi) is 8.53. The highest BCUT2D eigenvalue weighted by Gasteiger charge is 2.17. The Morgan fingerprint density at radius 2 is 1.96 bits per heavy atom. The lowest BCUT2D eigenvalue weighted by atomic mass is 10.2. The van der Waals surface area contributed by atoms with Gasteiger partial charge in [0, 0.05) is 12.3 Å². The molecular weight excluding hydrogens is 390 g/mol. The summed E-state index contributed by atoms with van der Waals surface area (Å²) in [5, 5.41) is 11.0. The summed E-state index contributed by atoms with van der Waals surface area (Å²) in [5.41, 5.74) is 0.947. The van der Waals surface area contributed by atoms with E-state index in [0.717, 1.165) is 26.4 Å². The zero-order chi connectivity index (χ0) is 18.9. The van der Waals surface area contributed by atoms with Crippen LogP contribution in [0.5, 0.6) is 11.5 Å². The van der Waals surface area contributed by atoms with Gasteiger partial charge in [0.2, 0.25) is 5.91 Å². The Balaban J connectivity index is 1.86. The van der Waals surface area contributed by atoms with E-state index >= 15 is 0 Å². The zero-order valence-corrected chi connectivity index (χ0v) is 17.7. The molecule has 1 aromatic carbocycles. The molecule has 0 fully saturated rings. The van der Waals surface area contributed by atoms with Crippen molar-refractivity contribution < 1.29 is 14.3 Å². The molecule has 0 aliphatic heterocycles. The van der Waals surface area contributed by atoms with E-state index in [4.69, 9.17) is 9.47 Å². The fraction of sp³-hybridized carbons (Fsp3) is 0.471. The predicted octanol–water partition coefficient (Wildman–Crippen LogP) is 3.85. The van der Waals surface area contributed by atoms with Gasteiger partial charge in [-0.1, -0.05) is 47.9 Å². The molecule has 1 N–H and O–H groups in total. The molecular formula is C17H23N3O3S3. The van der Waals surface area contributed by atoms with Gasteiger partial charge in [-0.25, -0.2) is 0 Å². The molecule has 2 aromatic rings. The first kappa shape index (κ1) is 20.9. The van der Waals surface area contributed by atoms with Crippen LogP contribution in [0.4, 0.5) is 0 Å². The summed E-state index contributed by atoms with van der Waals surface area (Å²) in [7, 11) is 3.19. The second kappa shape index (κ2) is 10.6. The zero-order valence-electron chi connectivity index (χ0n) is 15.3. The van der Waals surface area contributed by atoms with Crippen LogP contribution in [0.25, 0.3) is 0 Å². The summed E-state index contributed by atoms with van der Waals surface area (Å²) in [6, 6.07) is 5.59. The molecule has 26 heavy (non-hydrogen) atoms. The first-order chi connectivity index (χ1) is 12.6. The average molecular weight is 414 g/mol. The third kappa shape index (κ3) is 6.07. The third-order valence-corrected chi connectivity index (χ3v) is 6.83. The Hall–Kier alpha value is -1.45. The van der Waals surface area contributed by atoms with Crippen LogP contribution in [0, 0.1) is 0 Å². The van der Waals surface area contributed by atoms with Gasteiger partial charge in [-0.05, 0) is 31.0 Å². The van der Waals surface area contributed by atoms with Gasteiger partial charge in [0.05, 0.1) is 19.5 Å². The summed E-state index contributed by atoms with van der Waals surface area (Å²) in [5.74, 6) is 2.30. The van der Waals surface area contributed by atoms with E-state index in [1.54, 1.807) is 26.0 Å². The molecule has 0 saturated carbocycles. The SMILES string of the molecule is CCCSc1nnc(S[C@@H](C)C(=O)NCc2ccc(OC)c(OC)c2)s1. The van der Waals surface area contributed by atoms with Crippen molar-refractivity contribution in [3.05, 3.63) is 23.8 Å². The molecule has 0 spiro atoms. The van der Waals surface area contributed by atoms with Crippen LogP contribution in [0.1, 0.15) is 25.8 Å². The molecule has 0 bridgehead atoms. The van der Waals surface area contributed by atoms with Crippen molar-refractivity contribution in [3.8, 4) is 11.5 Å². The van der Waals surface area contributed by atoms with E-state index in [2.05, 4.69) is 22.4 Å². The average Bonchev–Trinajstić information content (AvgIpc) is 3.11. The van der Waals surface area contributed by atoms with E-state index in [9.17, 15) is 4.79 Å². The number of thioether (sulfide) groups is 2. The van der Waals surface area contributed by atoms with Crippen molar-refractivity contribution in [2.75, 3.05) is 20.0 Å². The van der Waals surface area contributed by atoms with Crippen molar-refractivity contribution in [1.29, 1.82) is 0 Å². The first-order valence-corrected chi connectivity index (χ1v) is 10.9. The van der Waals surface area contributed by atoms with Crippen LogP contribution in [-0.2, 0) is 11.3 Å². The highest BCUT2D eigenvalue weighted by atomic mass is 32.2. The normalized spacial score (nSPS) is 11.8. The number of ether oxygens (including phenoxy) is 2. The van der Waals surface area contributed by atoms with Crippen molar-refractivity contribution in [2.45, 2.75) is 40.7 Å². The highest BCUT2D eigenvalue weighted by molar-refractivity contribution is 8.03. The summed E-state index contributed by atoms with van der Waals surface area (Å²) in [6.07, 6.45) is 1.10. The molecule has 9 heteroatoms. The summed E-state index contributed by atoms with van der Waals surface area (Å²) in [6.45, 7) is 4.43. The van der Waals surface area contributed by atoms with Crippen LogP contribution in [0.3, 0.4) is 0 Å². The van der Waals surface area contributed by atoms with Gasteiger partial charge < -0.3 is 14.8 Å². The number of carbonyl (C=O) groups excluding carboxylic acids is 1. The lowest BCUT2D eigenvalue weighted by Crippen LogP contribution is -2.30. The number of benzene rings is 1. The molecule has 6 nitrogen and oxygen atoms in total. The number of hydrogen-bond acceptors (Lipinski definition) is 8. The molecule has 1 amide bonds. The number of nitrogens with one attached hydrogen (secondary N) is 1. The maximum atomic E-state index is 12.3. The number of rotatable bonds is 10. The van der Waals surface area contributed by atoms with Crippen LogP contribution in [-0.4, -0.2) is 41.3 Å². The van der Waals surface area contributed by atoms with Gasteiger partial charge in [-0.3, -0.25) is 4.79 Å². The second-order valence-electron chi connectivity index (χ2n) is 5.35. The molecule has 0 unspecified atom stereocenters. The van der Waals surface area contributed by atoms with Crippen LogP contribution >= 0.6 is 34.9 Å². The molecule has 0 saturated heterocycles. The number of hydrogen-bond donors (Lipinski definition) is 1. The van der Waals surface area contributed by atoms with Crippen LogP contribution < -0.4 is 14.8 Å². The van der Waals surface area contributed by atoms with E-state index in [1.165, 1.54) is 23.1 Å². The quantitative estimate of drug-likeness (QED) is 0.593. The topological polar surface area (TPSA) is 73.3 Å². The second-order valence-corrected chi connectivity index (χ2v) is 9.26. The molecule has 1 heterocycles. The lowest BCUT2D eigenvalue weighted by Gasteiger charge is -2.12. The van der Waals surface area contributed by atoms with Gasteiger partial charge in [0.1, 0.15) is 0 Å². The van der Waals surface area contributed by atoms with Crippen molar-refractivity contribution in [3.63, 3.8) is 0 Å². The lowest BCUT2D eigenvalue weighted by molar-refractivity contribution is -0.120. The number of nitrogens with zero attached hydrogens (tertiary/aromatic N) is 2. The Morgan fingerprint density at radius 1 is 1.23 bits per heavy atom. The maximum Gasteiger partial charge on any atom is 0.233 e. The van der Waals surface area contributed by atoms with Crippen LogP contribution in [0.15, 0.2) is 26.9 Å². The van der Waals surface area contributed by atoms with E-state index in [1.807, 2.05) is 25.1 Å². The van der Waals surface area contributed by atoms with E-state index in [-0.39, 0.29) is 11.2 Å². The largest absolute Gasteiger partial charge is 0.493 e. The van der Waals surface area contributed by atoms with E-state index in [0.29, 0.717) is 18.0 Å². The summed E-state index contributed by atoms with van der Waals surface area (Å²) in [4.78, 5) is 12.3. The summed E-state index contributed by atoms with van der Waals surface area (Å²) < 4.78 is 12.3. The minimum Gasteiger partial charge on any atom is -0.493 e. The minimum absolute atomic E-state index is 0.0391. The predicted molar refractivity (Wildman–Crippen MR) is 108 cm³/mol. The van der Waals surface area contributed by atoms with Gasteiger partial charge in [-0.15, -0.1) is 10.2 Å². The van der Waals surface area contributed by atoms with E-state index < -0.39 is 0 Å². The molecule has 0 aliphatic carbocycles. The third-order valence-electron chi connectivity index (χ3n) is 3.38. The Bertz CT molecular complexity index is 724. The maximum absolute atomic E-state index is 12.3. The standard InChI is InChI=1S/C17H23N3O3S3/c1-5-8-24-16-19-20-17(26-16)25-11(2)15(21)18-10-12-6-7-13(22-3)14(9-12)23-4/h6-7,9,11H,5,8,10H2,1-4H3,(H,18,21)/t11-/m0/s1. The summed E-state index contributed by atoms with van der Waals surface area (Å²) >= 11 is 4.66. The number of methoxy groups -OCH3 is 2. The number of amides is 1. The Morgan fingerprint density at radius 3 is 2.65 bits per heavy atom. The molecule has 2 rings (SSSR count). The fourth-order valence-corrected chi connectivity index (χ4v) is 5.13. The monoisotopic (exact) mass is 413 g/mol. The molecule has 0 aliphatic rings. The fourth-order valence-electron chi connectivity index (χ4n) is 2.02. The number of carbonyl (C=O) groups is 1. The van der Waals surface area contributed by atoms with Crippen LogP contribution in [0.2, 0.25) is 0 Å². The minimum atomic E-state index is -0.243. The van der Waals surface area contributed by atoms with Crippen molar-refractivity contribution >= 4 is 40.8 Å². The van der Waals surface area contributed by atoms with Crippen molar-refractivity contribution in [1.82, 2.24) is 15.5 Å².